The summed E-state index contributed by atoms with van der Waals surface area (Å²) in [5.74, 6) is 0. The Bertz CT molecular complexity index is 397. The zero-order valence-corrected chi connectivity index (χ0v) is 12.4. The van der Waals surface area contributed by atoms with Crippen molar-refractivity contribution in [3.8, 4) is 0 Å². The first-order chi connectivity index (χ1) is 9.21. The molecule has 3 heteroatoms. The largest absolute Gasteiger partial charge is 0.394 e. The molecule has 1 unspecified atom stereocenters. The lowest BCUT2D eigenvalue weighted by Gasteiger charge is -2.42. The van der Waals surface area contributed by atoms with E-state index in [-0.39, 0.29) is 12.6 Å². The van der Waals surface area contributed by atoms with Crippen molar-refractivity contribution in [3.05, 3.63) is 29.3 Å². The first kappa shape index (κ1) is 14.4. The average Bonchev–Trinajstić information content (AvgIpc) is 2.46. The molecule has 1 aliphatic heterocycles. The summed E-state index contributed by atoms with van der Waals surface area (Å²) >= 11 is 0. The second-order valence-corrected chi connectivity index (χ2v) is 5.42. The quantitative estimate of drug-likeness (QED) is 0.898. The number of hydrogen-bond acceptors (Lipinski definition) is 3. The van der Waals surface area contributed by atoms with Gasteiger partial charge in [-0.3, -0.25) is 0 Å². The zero-order valence-electron chi connectivity index (χ0n) is 12.4. The van der Waals surface area contributed by atoms with Crippen molar-refractivity contribution in [2.45, 2.75) is 32.7 Å². The van der Waals surface area contributed by atoms with E-state index < -0.39 is 0 Å². The van der Waals surface area contributed by atoms with Crippen molar-refractivity contribution in [2.24, 2.45) is 0 Å². The molecule has 1 fully saturated rings. The van der Waals surface area contributed by atoms with Gasteiger partial charge in [0.1, 0.15) is 0 Å². The number of rotatable bonds is 4. The lowest BCUT2D eigenvalue weighted by Crippen LogP contribution is -2.54. The number of aliphatic hydroxyl groups is 1. The Balaban J connectivity index is 2.38. The van der Waals surface area contributed by atoms with E-state index in [1.807, 2.05) is 0 Å². The molecule has 0 spiro atoms. The van der Waals surface area contributed by atoms with Crippen LogP contribution in [0.4, 0.5) is 5.69 Å². The van der Waals surface area contributed by atoms with Gasteiger partial charge in [0.2, 0.25) is 0 Å². The third kappa shape index (κ3) is 2.93. The fourth-order valence-corrected chi connectivity index (χ4v) is 3.05. The predicted molar refractivity (Wildman–Crippen MR) is 80.9 cm³/mol. The van der Waals surface area contributed by atoms with E-state index in [0.717, 1.165) is 32.5 Å². The first-order valence-electron chi connectivity index (χ1n) is 7.38. The minimum Gasteiger partial charge on any atom is -0.394 e. The van der Waals surface area contributed by atoms with Gasteiger partial charge in [0.15, 0.2) is 0 Å². The molecule has 1 heterocycles. The normalized spacial score (nSPS) is 20.8. The van der Waals surface area contributed by atoms with Crippen LogP contribution < -0.4 is 4.90 Å². The third-order valence-corrected chi connectivity index (χ3v) is 4.15. The minimum absolute atomic E-state index is 0.219. The van der Waals surface area contributed by atoms with Crippen LogP contribution in [0.25, 0.3) is 0 Å². The molecule has 1 saturated heterocycles. The Morgan fingerprint density at radius 1 is 1.16 bits per heavy atom. The molecule has 1 aromatic carbocycles. The molecule has 3 nitrogen and oxygen atoms in total. The van der Waals surface area contributed by atoms with Gasteiger partial charge in [-0.25, -0.2) is 0 Å². The summed E-state index contributed by atoms with van der Waals surface area (Å²) < 4.78 is 0. The summed E-state index contributed by atoms with van der Waals surface area (Å²) in [5.41, 5.74) is 4.18. The topological polar surface area (TPSA) is 26.7 Å². The van der Waals surface area contributed by atoms with Crippen molar-refractivity contribution >= 4 is 5.69 Å². The Morgan fingerprint density at radius 3 is 2.32 bits per heavy atom. The highest BCUT2D eigenvalue weighted by atomic mass is 16.3. The van der Waals surface area contributed by atoms with E-state index in [0.29, 0.717) is 0 Å². The van der Waals surface area contributed by atoms with E-state index >= 15 is 0 Å². The highest BCUT2D eigenvalue weighted by Gasteiger charge is 2.27. The van der Waals surface area contributed by atoms with E-state index in [1.54, 1.807) is 0 Å². The summed E-state index contributed by atoms with van der Waals surface area (Å²) in [5, 5.41) is 9.70. The minimum atomic E-state index is 0.219. The van der Waals surface area contributed by atoms with Gasteiger partial charge in [0.25, 0.3) is 0 Å². The maximum Gasteiger partial charge on any atom is 0.0648 e. The van der Waals surface area contributed by atoms with Gasteiger partial charge in [0, 0.05) is 25.3 Å². The van der Waals surface area contributed by atoms with Crippen molar-refractivity contribution < 1.29 is 5.11 Å². The molecule has 19 heavy (non-hydrogen) atoms. The third-order valence-electron chi connectivity index (χ3n) is 4.15. The van der Waals surface area contributed by atoms with E-state index in [1.165, 1.54) is 16.8 Å². The lowest BCUT2D eigenvalue weighted by molar-refractivity contribution is 0.191. The van der Waals surface area contributed by atoms with Crippen LogP contribution in [0.1, 0.15) is 25.0 Å². The average molecular weight is 262 g/mol. The maximum absolute atomic E-state index is 9.70. The molecule has 0 radical (unpaired) electrons. The summed E-state index contributed by atoms with van der Waals surface area (Å²) in [4.78, 5) is 4.73. The molecule has 1 aliphatic rings. The van der Waals surface area contributed by atoms with Crippen LogP contribution in [-0.4, -0.2) is 49.3 Å². The van der Waals surface area contributed by atoms with E-state index in [2.05, 4.69) is 48.9 Å². The molecule has 1 aromatic rings. The second-order valence-electron chi connectivity index (χ2n) is 5.42. The van der Waals surface area contributed by atoms with Gasteiger partial charge in [-0.1, -0.05) is 32.0 Å². The van der Waals surface area contributed by atoms with Crippen LogP contribution in [0.5, 0.6) is 0 Å². The van der Waals surface area contributed by atoms with Gasteiger partial charge in [-0.2, -0.15) is 0 Å². The fourth-order valence-electron chi connectivity index (χ4n) is 3.05. The summed E-state index contributed by atoms with van der Waals surface area (Å²) in [6, 6.07) is 6.82. The van der Waals surface area contributed by atoms with E-state index in [9.17, 15) is 5.11 Å². The number of hydrogen-bond donors (Lipinski definition) is 1. The fraction of sp³-hybridized carbons (Fsp3) is 0.625. The molecule has 0 bridgehead atoms. The predicted octanol–water partition coefficient (Wildman–Crippen LogP) is 1.92. The van der Waals surface area contributed by atoms with E-state index in [4.69, 9.17) is 0 Å². The molecule has 0 amide bonds. The number of aryl methyl sites for hydroxylation is 2. The second kappa shape index (κ2) is 6.40. The van der Waals surface area contributed by atoms with Gasteiger partial charge in [-0.05, 0) is 31.0 Å². The number of anilines is 1. The smallest absolute Gasteiger partial charge is 0.0648 e. The van der Waals surface area contributed by atoms with Gasteiger partial charge in [0.05, 0.1) is 12.6 Å². The van der Waals surface area contributed by atoms with Gasteiger partial charge >= 0.3 is 0 Å². The Kier molecular flexibility index (Phi) is 4.83. The molecule has 2 rings (SSSR count). The molecule has 0 aliphatic carbocycles. The molecule has 0 saturated carbocycles. The number of nitrogens with zero attached hydrogens (tertiary/aromatic N) is 2. The van der Waals surface area contributed by atoms with Crippen molar-refractivity contribution in [1.29, 1.82) is 0 Å². The molecular formula is C16H26N2O. The number of aliphatic hydroxyl groups excluding tert-OH is 1. The highest BCUT2D eigenvalue weighted by molar-refractivity contribution is 5.61. The van der Waals surface area contributed by atoms with Crippen LogP contribution in [0.15, 0.2) is 18.2 Å². The van der Waals surface area contributed by atoms with Gasteiger partial charge in [-0.15, -0.1) is 0 Å². The number of para-hydroxylation sites is 1. The highest BCUT2D eigenvalue weighted by Crippen LogP contribution is 2.29. The Hall–Kier alpha value is -1.06. The number of piperazine rings is 1. The lowest BCUT2D eigenvalue weighted by atomic mass is 9.99. The zero-order chi connectivity index (χ0) is 13.8. The van der Waals surface area contributed by atoms with Crippen LogP contribution in [-0.2, 0) is 12.8 Å². The molecular weight excluding hydrogens is 236 g/mol. The molecule has 1 N–H and O–H groups in total. The van der Waals surface area contributed by atoms with Crippen molar-refractivity contribution in [1.82, 2.24) is 4.90 Å². The van der Waals surface area contributed by atoms with Crippen molar-refractivity contribution in [2.75, 3.05) is 38.2 Å². The van der Waals surface area contributed by atoms with Crippen LogP contribution in [0.3, 0.4) is 0 Å². The first-order valence-corrected chi connectivity index (χ1v) is 7.38. The standard InChI is InChI=1S/C16H26N2O/c1-4-13-7-6-8-14(5-2)16(13)18-10-9-17(3)11-15(18)12-19/h6-8,15,19H,4-5,9-12H2,1-3H3. The summed E-state index contributed by atoms with van der Waals surface area (Å²) in [6.45, 7) is 7.66. The van der Waals surface area contributed by atoms with Crippen LogP contribution in [0, 0.1) is 0 Å². The maximum atomic E-state index is 9.70. The summed E-state index contributed by atoms with van der Waals surface area (Å²) in [6.07, 6.45) is 2.10. The van der Waals surface area contributed by atoms with Crippen LogP contribution in [0.2, 0.25) is 0 Å². The molecule has 1 atom stereocenters. The Labute approximate surface area is 116 Å². The van der Waals surface area contributed by atoms with Crippen molar-refractivity contribution in [3.63, 3.8) is 0 Å². The summed E-state index contributed by atoms with van der Waals surface area (Å²) in [7, 11) is 2.13. The monoisotopic (exact) mass is 262 g/mol. The molecule has 0 aromatic heterocycles. The number of benzene rings is 1. The number of likely N-dealkylation sites (N-methyl/N-ethyl adjacent to an activating group) is 1. The molecule has 106 valence electrons. The SMILES string of the molecule is CCc1cccc(CC)c1N1CCN(C)CC1CO. The van der Waals surface area contributed by atoms with Crippen LogP contribution >= 0.6 is 0 Å². The van der Waals surface area contributed by atoms with Gasteiger partial charge < -0.3 is 14.9 Å². The Morgan fingerprint density at radius 2 is 1.79 bits per heavy atom.